The van der Waals surface area contributed by atoms with Gasteiger partial charge in [0, 0.05) is 16.1 Å². The molecule has 2 aliphatic rings. The van der Waals surface area contributed by atoms with Crippen molar-refractivity contribution in [3.8, 4) is 0 Å². The van der Waals surface area contributed by atoms with E-state index < -0.39 is 39.8 Å². The number of hydrogen-bond acceptors (Lipinski definition) is 5. The number of halogens is 1. The largest absolute Gasteiger partial charge is 0.455 e. The van der Waals surface area contributed by atoms with Crippen molar-refractivity contribution in [1.82, 2.24) is 0 Å². The average Bonchev–Trinajstić information content (AvgIpc) is 3.17. The van der Waals surface area contributed by atoms with Gasteiger partial charge in [-0.1, -0.05) is 61.2 Å². The van der Waals surface area contributed by atoms with Gasteiger partial charge in [0.15, 0.2) is 16.4 Å². The van der Waals surface area contributed by atoms with E-state index in [1.165, 1.54) is 11.0 Å². The summed E-state index contributed by atoms with van der Waals surface area (Å²) < 4.78 is 29.6. The monoisotopic (exact) mass is 487 g/mol. The molecule has 0 aromatic heterocycles. The minimum Gasteiger partial charge on any atom is -0.455 e. The fraction of sp³-hybridized carbons (Fsp3) is 0.360. The Bertz CT molecular complexity index is 1160. The predicted molar refractivity (Wildman–Crippen MR) is 128 cm³/mol. The number of anilines is 1. The lowest BCUT2D eigenvalue weighted by Crippen LogP contribution is -2.45. The molecule has 2 aromatic rings. The third-order valence-corrected chi connectivity index (χ3v) is 7.96. The molecule has 1 amide bonds. The van der Waals surface area contributed by atoms with E-state index in [4.69, 9.17) is 16.3 Å². The van der Waals surface area contributed by atoms with Crippen molar-refractivity contribution >= 4 is 39.0 Å². The molecule has 0 radical (unpaired) electrons. The maximum Gasteiger partial charge on any atom is 0.317 e. The van der Waals surface area contributed by atoms with Gasteiger partial charge in [0.1, 0.15) is 0 Å². The van der Waals surface area contributed by atoms with Crippen molar-refractivity contribution < 1.29 is 22.7 Å². The number of carbonyl (C=O) groups excluding carboxylic acids is 2. The van der Waals surface area contributed by atoms with E-state index in [9.17, 15) is 18.0 Å². The quantitative estimate of drug-likeness (QED) is 0.563. The highest BCUT2D eigenvalue weighted by Crippen LogP contribution is 2.41. The molecule has 1 heterocycles. The van der Waals surface area contributed by atoms with Crippen LogP contribution < -0.4 is 4.90 Å². The van der Waals surface area contributed by atoms with Crippen LogP contribution in [0, 0.1) is 0 Å². The molecular formula is C25H26ClNO5S. The summed E-state index contributed by atoms with van der Waals surface area (Å²) in [6, 6.07) is 15.4. The third-order valence-electron chi connectivity index (χ3n) is 6.35. The van der Waals surface area contributed by atoms with Gasteiger partial charge in [-0.3, -0.25) is 9.59 Å². The van der Waals surface area contributed by atoms with Crippen LogP contribution in [0.2, 0.25) is 5.02 Å². The smallest absolute Gasteiger partial charge is 0.317 e. The molecule has 4 rings (SSSR count). The second kappa shape index (κ2) is 9.69. The first-order valence-corrected chi connectivity index (χ1v) is 13.1. The molecule has 6 nitrogen and oxygen atoms in total. The van der Waals surface area contributed by atoms with Crippen molar-refractivity contribution in [2.75, 3.05) is 17.3 Å². The lowest BCUT2D eigenvalue weighted by molar-refractivity contribution is -0.155. The summed E-state index contributed by atoms with van der Waals surface area (Å²) in [7, 11) is -3.38. The summed E-state index contributed by atoms with van der Waals surface area (Å²) in [6.45, 7) is -0.472. The molecule has 1 atom stereocenters. The summed E-state index contributed by atoms with van der Waals surface area (Å²) in [5.41, 5.74) is 0.516. The summed E-state index contributed by atoms with van der Waals surface area (Å²) >= 11 is 6.19. The van der Waals surface area contributed by atoms with Crippen molar-refractivity contribution in [2.24, 2.45) is 0 Å². The molecule has 1 fully saturated rings. The van der Waals surface area contributed by atoms with Gasteiger partial charge in [0.25, 0.3) is 5.91 Å². The summed E-state index contributed by atoms with van der Waals surface area (Å²) in [5, 5.41) is 1.68. The maximum atomic E-state index is 13.4. The molecule has 1 aliphatic heterocycles. The van der Waals surface area contributed by atoms with Crippen LogP contribution in [0.4, 0.5) is 5.69 Å². The second-order valence-electron chi connectivity index (χ2n) is 8.55. The number of sulfone groups is 1. The Balaban J connectivity index is 1.55. The predicted octanol–water partition coefficient (Wildman–Crippen LogP) is 4.43. The zero-order valence-corrected chi connectivity index (χ0v) is 19.7. The summed E-state index contributed by atoms with van der Waals surface area (Å²) in [4.78, 5) is 28.0. The number of para-hydroxylation sites is 1. The van der Waals surface area contributed by atoms with Crippen LogP contribution in [0.5, 0.6) is 0 Å². The van der Waals surface area contributed by atoms with E-state index in [0.29, 0.717) is 23.6 Å². The van der Waals surface area contributed by atoms with E-state index in [1.807, 2.05) is 18.2 Å². The number of nitrogens with zero attached hydrogens (tertiary/aromatic N) is 1. The normalized spacial score (nSPS) is 20.8. The van der Waals surface area contributed by atoms with Gasteiger partial charge in [-0.15, -0.1) is 0 Å². The Kier molecular flexibility index (Phi) is 6.91. The molecule has 0 spiro atoms. The highest BCUT2D eigenvalue weighted by molar-refractivity contribution is 7.94. The number of hydrogen-bond donors (Lipinski definition) is 0. The van der Waals surface area contributed by atoms with Crippen LogP contribution in [0.15, 0.2) is 66.1 Å². The molecule has 0 saturated heterocycles. The maximum absolute atomic E-state index is 13.4. The molecule has 1 aliphatic carbocycles. The molecule has 1 unspecified atom stereocenters. The van der Waals surface area contributed by atoms with E-state index in [0.717, 1.165) is 30.2 Å². The molecule has 1 saturated carbocycles. The topological polar surface area (TPSA) is 80.8 Å². The van der Waals surface area contributed by atoms with Crippen LogP contribution >= 0.6 is 11.6 Å². The highest BCUT2D eigenvalue weighted by atomic mass is 35.5. The molecule has 2 aromatic carbocycles. The zero-order chi connectivity index (χ0) is 23.5. The van der Waals surface area contributed by atoms with Crippen molar-refractivity contribution in [2.45, 2.75) is 43.6 Å². The standard InChI is InChI=1S/C25H26ClNO5S/c26-20-9-7-8-19(16-20)25(13-5-2-6-14-25)24(29)32-17-23(28)27(21-10-3-1-4-11-21)22-12-15-33(30,31)18-22/h1,3-4,7-12,15-16,22H,2,5-6,13-14,17-18H2. The lowest BCUT2D eigenvalue weighted by atomic mass is 9.69. The molecule has 33 heavy (non-hydrogen) atoms. The zero-order valence-electron chi connectivity index (χ0n) is 18.2. The van der Waals surface area contributed by atoms with Crippen molar-refractivity contribution in [3.05, 3.63) is 76.7 Å². The first-order valence-electron chi connectivity index (χ1n) is 11.0. The van der Waals surface area contributed by atoms with E-state index in [2.05, 4.69) is 0 Å². The van der Waals surface area contributed by atoms with Gasteiger partial charge in [0.2, 0.25) is 0 Å². The summed E-state index contributed by atoms with van der Waals surface area (Å²) in [5.74, 6) is -1.12. The van der Waals surface area contributed by atoms with Crippen LogP contribution in [-0.2, 0) is 29.6 Å². The van der Waals surface area contributed by atoms with E-state index in [-0.39, 0.29) is 5.75 Å². The van der Waals surface area contributed by atoms with Crippen LogP contribution in [0.3, 0.4) is 0 Å². The van der Waals surface area contributed by atoms with Gasteiger partial charge >= 0.3 is 5.97 Å². The second-order valence-corrected chi connectivity index (χ2v) is 10.9. The van der Waals surface area contributed by atoms with Gasteiger partial charge < -0.3 is 9.64 Å². The van der Waals surface area contributed by atoms with Gasteiger partial charge in [-0.05, 0) is 48.7 Å². The highest BCUT2D eigenvalue weighted by Gasteiger charge is 2.43. The molecule has 0 N–H and O–H groups in total. The summed E-state index contributed by atoms with van der Waals surface area (Å²) in [6.07, 6.45) is 5.57. The lowest BCUT2D eigenvalue weighted by Gasteiger charge is -2.36. The molecule has 0 bridgehead atoms. The van der Waals surface area contributed by atoms with Crippen LogP contribution in [0.1, 0.15) is 37.7 Å². The van der Waals surface area contributed by atoms with Gasteiger partial charge in [-0.25, -0.2) is 8.42 Å². The first kappa shape index (κ1) is 23.5. The Labute approximate surface area is 199 Å². The Morgan fingerprint density at radius 3 is 2.39 bits per heavy atom. The van der Waals surface area contributed by atoms with Crippen LogP contribution in [-0.4, -0.2) is 38.7 Å². The van der Waals surface area contributed by atoms with Gasteiger partial charge in [0.05, 0.1) is 17.2 Å². The number of ether oxygens (including phenoxy) is 1. The SMILES string of the molecule is O=C(COC(=O)C1(c2cccc(Cl)c2)CCCCC1)N(c1ccccc1)C1C=CS(=O)(=O)C1. The Morgan fingerprint density at radius 1 is 1.03 bits per heavy atom. The minimum absolute atomic E-state index is 0.200. The number of amides is 1. The molecule has 8 heteroatoms. The van der Waals surface area contributed by atoms with Gasteiger partial charge in [-0.2, -0.15) is 0 Å². The number of carbonyl (C=O) groups is 2. The number of rotatable bonds is 6. The van der Waals surface area contributed by atoms with Crippen molar-refractivity contribution in [1.29, 1.82) is 0 Å². The fourth-order valence-corrected chi connectivity index (χ4v) is 6.17. The third kappa shape index (κ3) is 5.14. The van der Waals surface area contributed by atoms with Crippen LogP contribution in [0.25, 0.3) is 0 Å². The molecule has 174 valence electrons. The van der Waals surface area contributed by atoms with E-state index in [1.54, 1.807) is 36.4 Å². The Morgan fingerprint density at radius 2 is 1.76 bits per heavy atom. The van der Waals surface area contributed by atoms with Crippen molar-refractivity contribution in [3.63, 3.8) is 0 Å². The Hall–Kier alpha value is -2.64. The molecular weight excluding hydrogens is 462 g/mol. The van der Waals surface area contributed by atoms with E-state index >= 15 is 0 Å². The minimum atomic E-state index is -3.38. The number of esters is 1. The first-order chi connectivity index (χ1) is 15.8. The number of benzene rings is 2. The average molecular weight is 488 g/mol. The fourth-order valence-electron chi connectivity index (χ4n) is 4.72.